The van der Waals surface area contributed by atoms with Gasteiger partial charge in [0.05, 0.1) is 0 Å². The first-order chi connectivity index (χ1) is 7.22. The highest BCUT2D eigenvalue weighted by atomic mass is 32.1. The molecule has 0 aromatic rings. The minimum Gasteiger partial charge on any atom is -0.253 e. The Morgan fingerprint density at radius 1 is 1.00 bits per heavy atom. The summed E-state index contributed by atoms with van der Waals surface area (Å²) in [6.07, 6.45) is 8.24. The number of nitrogens with zero attached hydrogens (tertiary/aromatic N) is 1. The van der Waals surface area contributed by atoms with Crippen molar-refractivity contribution in [2.45, 2.75) is 66.2 Å². The summed E-state index contributed by atoms with van der Waals surface area (Å²) in [5.41, 5.74) is 0.669. The molecule has 0 amide bonds. The Morgan fingerprint density at radius 2 is 1.40 bits per heavy atom. The van der Waals surface area contributed by atoms with Crippen molar-refractivity contribution in [2.75, 3.05) is 13.1 Å². The van der Waals surface area contributed by atoms with Gasteiger partial charge in [-0.2, -0.15) is 0 Å². The summed E-state index contributed by atoms with van der Waals surface area (Å²) in [6.45, 7) is 11.0. The van der Waals surface area contributed by atoms with Crippen LogP contribution in [0.25, 0.3) is 0 Å². The molecule has 1 fully saturated rings. The maximum atomic E-state index is 4.41. The largest absolute Gasteiger partial charge is 0.253 e. The van der Waals surface area contributed by atoms with Crippen LogP contribution < -0.4 is 0 Å². The Morgan fingerprint density at radius 3 is 1.73 bits per heavy atom. The molecule has 0 aliphatic carbocycles. The van der Waals surface area contributed by atoms with E-state index in [-0.39, 0.29) is 0 Å². The van der Waals surface area contributed by atoms with Crippen molar-refractivity contribution < 1.29 is 0 Å². The molecule has 0 saturated carbocycles. The van der Waals surface area contributed by atoms with E-state index in [1.165, 1.54) is 51.6 Å². The molecule has 1 aliphatic rings. The van der Waals surface area contributed by atoms with Crippen molar-refractivity contribution in [1.82, 2.24) is 4.31 Å². The van der Waals surface area contributed by atoms with Crippen LogP contribution >= 0.6 is 12.8 Å². The quantitative estimate of drug-likeness (QED) is 0.695. The molecule has 2 heteroatoms. The minimum atomic E-state index is 0.669. The molecular formula is C13H29NS. The van der Waals surface area contributed by atoms with Crippen molar-refractivity contribution in [2.24, 2.45) is 5.41 Å². The zero-order valence-electron chi connectivity index (χ0n) is 11.1. The summed E-state index contributed by atoms with van der Waals surface area (Å²) in [7, 11) is 0. The molecule has 0 aromatic heterocycles. The number of thiol groups is 1. The van der Waals surface area contributed by atoms with Crippen molar-refractivity contribution >= 4 is 12.8 Å². The fraction of sp³-hybridized carbons (Fsp3) is 1.00. The molecule has 0 atom stereocenters. The Labute approximate surface area is 102 Å². The highest BCUT2D eigenvalue weighted by molar-refractivity contribution is 7.77. The van der Waals surface area contributed by atoms with E-state index < -0.39 is 0 Å². The van der Waals surface area contributed by atoms with Gasteiger partial charge in [-0.1, -0.05) is 53.4 Å². The lowest BCUT2D eigenvalue weighted by atomic mass is 9.72. The van der Waals surface area contributed by atoms with Gasteiger partial charge in [-0.3, -0.25) is 4.31 Å². The molecule has 0 radical (unpaired) electrons. The zero-order chi connectivity index (χ0) is 11.7. The highest BCUT2D eigenvalue weighted by Crippen LogP contribution is 2.40. The van der Waals surface area contributed by atoms with E-state index in [9.17, 15) is 0 Å². The van der Waals surface area contributed by atoms with E-state index in [0.29, 0.717) is 5.41 Å². The summed E-state index contributed by atoms with van der Waals surface area (Å²) < 4.78 is 2.17. The average Bonchev–Trinajstić information content (AvgIpc) is 2.26. The molecule has 1 rings (SSSR count). The normalized spacial score (nSPS) is 20.6. The smallest absolute Gasteiger partial charge is 0.00922 e. The van der Waals surface area contributed by atoms with Gasteiger partial charge in [0, 0.05) is 13.1 Å². The van der Waals surface area contributed by atoms with E-state index >= 15 is 0 Å². The monoisotopic (exact) mass is 231 g/mol. The van der Waals surface area contributed by atoms with Crippen LogP contribution in [0.15, 0.2) is 0 Å². The van der Waals surface area contributed by atoms with Gasteiger partial charge in [0.1, 0.15) is 0 Å². The maximum absolute atomic E-state index is 4.41. The Bertz CT molecular complexity index is 131. The predicted octanol–water partition coefficient (Wildman–Crippen LogP) is 4.54. The van der Waals surface area contributed by atoms with E-state index in [2.05, 4.69) is 31.0 Å². The van der Waals surface area contributed by atoms with Gasteiger partial charge >= 0.3 is 0 Å². The lowest BCUT2D eigenvalue weighted by Crippen LogP contribution is -2.35. The van der Waals surface area contributed by atoms with Gasteiger partial charge in [-0.25, -0.2) is 0 Å². The summed E-state index contributed by atoms with van der Waals surface area (Å²) in [5.74, 6) is 0. The summed E-state index contributed by atoms with van der Waals surface area (Å²) in [5, 5.41) is 0. The highest BCUT2D eigenvalue weighted by Gasteiger charge is 2.31. The lowest BCUT2D eigenvalue weighted by molar-refractivity contribution is 0.133. The standard InChI is InChI=1S/C11H23NS.C2H6/c1-3-5-11(6-4-2)7-9-12(13)10-8-11;1-2/h13H,3-10H2,1-2H3;1-2H3. The fourth-order valence-electron chi connectivity index (χ4n) is 2.65. The fourth-order valence-corrected chi connectivity index (χ4v) is 2.85. The van der Waals surface area contributed by atoms with Gasteiger partial charge in [-0.15, -0.1) is 0 Å². The first kappa shape index (κ1) is 15.3. The Hall–Kier alpha value is 0.310. The SMILES string of the molecule is CC.CCCC1(CCC)CCN(S)CC1. The van der Waals surface area contributed by atoms with Gasteiger partial charge < -0.3 is 0 Å². The lowest BCUT2D eigenvalue weighted by Gasteiger charge is -2.40. The molecule has 0 spiro atoms. The molecule has 1 nitrogen and oxygen atoms in total. The molecule has 1 aliphatic heterocycles. The number of rotatable bonds is 4. The van der Waals surface area contributed by atoms with Crippen LogP contribution in [0.4, 0.5) is 0 Å². The van der Waals surface area contributed by atoms with Gasteiger partial charge in [0.2, 0.25) is 0 Å². The van der Waals surface area contributed by atoms with Gasteiger partial charge in [-0.05, 0) is 31.1 Å². The molecule has 0 N–H and O–H groups in total. The zero-order valence-corrected chi connectivity index (χ0v) is 11.9. The maximum Gasteiger partial charge on any atom is 0.00922 e. The molecule has 1 saturated heterocycles. The number of hydrogen-bond donors (Lipinski definition) is 1. The number of piperidine rings is 1. The van der Waals surface area contributed by atoms with Crippen LogP contribution in [-0.2, 0) is 0 Å². The van der Waals surface area contributed by atoms with Crippen molar-refractivity contribution in [3.63, 3.8) is 0 Å². The summed E-state index contributed by atoms with van der Waals surface area (Å²) >= 11 is 4.41. The molecule has 1 heterocycles. The van der Waals surface area contributed by atoms with Crippen molar-refractivity contribution in [1.29, 1.82) is 0 Å². The topological polar surface area (TPSA) is 3.24 Å². The minimum absolute atomic E-state index is 0.669. The molecule has 0 unspecified atom stereocenters. The second-order valence-electron chi connectivity index (χ2n) is 4.45. The molecular weight excluding hydrogens is 202 g/mol. The first-order valence-corrected chi connectivity index (χ1v) is 7.06. The third-order valence-electron chi connectivity index (χ3n) is 3.36. The average molecular weight is 231 g/mol. The second kappa shape index (κ2) is 8.46. The van der Waals surface area contributed by atoms with Crippen LogP contribution in [-0.4, -0.2) is 17.4 Å². The third kappa shape index (κ3) is 5.26. The summed E-state index contributed by atoms with van der Waals surface area (Å²) in [4.78, 5) is 0. The molecule has 15 heavy (non-hydrogen) atoms. The van der Waals surface area contributed by atoms with Crippen LogP contribution in [0.5, 0.6) is 0 Å². The van der Waals surface area contributed by atoms with Gasteiger partial charge in [0.15, 0.2) is 0 Å². The Balaban J connectivity index is 0.000000921. The molecule has 0 bridgehead atoms. The van der Waals surface area contributed by atoms with E-state index in [0.717, 1.165) is 0 Å². The summed E-state index contributed by atoms with van der Waals surface area (Å²) in [6, 6.07) is 0. The van der Waals surface area contributed by atoms with E-state index in [1.54, 1.807) is 0 Å². The van der Waals surface area contributed by atoms with Crippen molar-refractivity contribution in [3.8, 4) is 0 Å². The van der Waals surface area contributed by atoms with Gasteiger partial charge in [0.25, 0.3) is 0 Å². The van der Waals surface area contributed by atoms with E-state index in [4.69, 9.17) is 0 Å². The third-order valence-corrected chi connectivity index (χ3v) is 3.76. The predicted molar refractivity (Wildman–Crippen MR) is 73.4 cm³/mol. The second-order valence-corrected chi connectivity index (χ2v) is 5.02. The van der Waals surface area contributed by atoms with Crippen molar-refractivity contribution in [3.05, 3.63) is 0 Å². The first-order valence-electron chi connectivity index (χ1n) is 6.66. The number of hydrogen-bond acceptors (Lipinski definition) is 2. The van der Waals surface area contributed by atoms with Crippen LogP contribution in [0.3, 0.4) is 0 Å². The van der Waals surface area contributed by atoms with Crippen LogP contribution in [0, 0.1) is 5.41 Å². The van der Waals surface area contributed by atoms with Crippen LogP contribution in [0.2, 0.25) is 0 Å². The Kier molecular flexibility index (Phi) is 8.64. The molecule has 0 aromatic carbocycles. The molecule has 92 valence electrons. The van der Waals surface area contributed by atoms with E-state index in [1.807, 2.05) is 13.8 Å². The van der Waals surface area contributed by atoms with Crippen LogP contribution in [0.1, 0.15) is 66.2 Å².